The van der Waals surface area contributed by atoms with Crippen LogP contribution in [0.2, 0.25) is 0 Å². The number of aryl methyl sites for hydroxylation is 3. The normalized spacial score (nSPS) is 12.7. The van der Waals surface area contributed by atoms with Crippen molar-refractivity contribution in [1.82, 2.24) is 0 Å². The van der Waals surface area contributed by atoms with Gasteiger partial charge in [0, 0.05) is 31.7 Å². The molecule has 1 heterocycles. The third-order valence-electron chi connectivity index (χ3n) is 5.05. The number of aliphatic carboxylic acids is 1. The van der Waals surface area contributed by atoms with Gasteiger partial charge in [0.2, 0.25) is 0 Å². The highest BCUT2D eigenvalue weighted by Crippen LogP contribution is 2.19. The largest absolute Gasteiger partial charge is 0.550 e. The molecule has 0 fully saturated rings. The number of quaternary nitrogens is 1. The Hall–Kier alpha value is -1.82. The first-order chi connectivity index (χ1) is 14.1. The number of hydrogen-bond acceptors (Lipinski definition) is 5. The molecule has 0 radical (unpaired) electrons. The third-order valence-corrected chi connectivity index (χ3v) is 5.05. The van der Waals surface area contributed by atoms with Crippen LogP contribution in [0.1, 0.15) is 81.8 Å². The lowest BCUT2D eigenvalue weighted by molar-refractivity contribution is -0.873. The minimum Gasteiger partial charge on any atom is -0.550 e. The first-order valence-electron chi connectivity index (χ1n) is 11.4. The standard InChI is InChI=1S/C24H41NO5/c1-6-13-20-16-19(2)22(29-20)14-11-9-7-8-10-12-15-24(28)30-21(17-23(26)27)18-25(3,4)5/h16,21H,6-15,17-18H2,1-5H3. The SMILES string of the molecule is CCCc1cc(C)c(CCCCCCCCC(=O)OC(CC(=O)[O-])C[N+](C)(C)C)o1. The monoisotopic (exact) mass is 423 g/mol. The number of carboxylic acids is 1. The van der Waals surface area contributed by atoms with Gasteiger partial charge < -0.3 is 23.5 Å². The molecular formula is C24H41NO5. The van der Waals surface area contributed by atoms with Crippen LogP contribution >= 0.6 is 0 Å². The fraction of sp³-hybridized carbons (Fsp3) is 0.750. The number of furan rings is 1. The molecule has 0 N–H and O–H groups in total. The van der Waals surface area contributed by atoms with E-state index >= 15 is 0 Å². The van der Waals surface area contributed by atoms with E-state index in [2.05, 4.69) is 19.9 Å². The van der Waals surface area contributed by atoms with Gasteiger partial charge in [-0.05, 0) is 37.8 Å². The molecular weight excluding hydrogens is 382 g/mol. The molecule has 30 heavy (non-hydrogen) atoms. The summed E-state index contributed by atoms with van der Waals surface area (Å²) in [5.74, 6) is 0.722. The Labute approximate surface area is 182 Å². The van der Waals surface area contributed by atoms with Crippen LogP contribution < -0.4 is 5.11 Å². The van der Waals surface area contributed by atoms with E-state index in [9.17, 15) is 14.7 Å². The van der Waals surface area contributed by atoms with Crippen molar-refractivity contribution in [2.45, 2.75) is 90.6 Å². The average Bonchev–Trinajstić information content (AvgIpc) is 2.95. The number of unbranched alkanes of at least 4 members (excludes halogenated alkanes) is 5. The van der Waals surface area contributed by atoms with Crippen LogP contribution in [0.4, 0.5) is 0 Å². The summed E-state index contributed by atoms with van der Waals surface area (Å²) in [6.07, 6.45) is 8.83. The highest BCUT2D eigenvalue weighted by atomic mass is 16.5. The van der Waals surface area contributed by atoms with E-state index in [1.165, 1.54) is 5.56 Å². The summed E-state index contributed by atoms with van der Waals surface area (Å²) < 4.78 is 11.8. The summed E-state index contributed by atoms with van der Waals surface area (Å²) in [6, 6.07) is 2.16. The highest BCUT2D eigenvalue weighted by molar-refractivity contribution is 5.70. The fourth-order valence-corrected chi connectivity index (χ4v) is 3.66. The number of carboxylic acid groups (broad SMARTS) is 1. The van der Waals surface area contributed by atoms with Gasteiger partial charge >= 0.3 is 5.97 Å². The number of carbonyl (C=O) groups is 2. The first-order valence-corrected chi connectivity index (χ1v) is 11.4. The zero-order chi connectivity index (χ0) is 22.6. The van der Waals surface area contributed by atoms with Crippen molar-refractivity contribution in [1.29, 1.82) is 0 Å². The van der Waals surface area contributed by atoms with E-state index in [-0.39, 0.29) is 12.4 Å². The van der Waals surface area contributed by atoms with Gasteiger partial charge in [0.05, 0.1) is 21.1 Å². The number of rotatable bonds is 16. The van der Waals surface area contributed by atoms with Crippen molar-refractivity contribution in [2.75, 3.05) is 27.7 Å². The maximum absolute atomic E-state index is 12.0. The zero-order valence-corrected chi connectivity index (χ0v) is 19.6. The van der Waals surface area contributed by atoms with Gasteiger partial charge in [0.25, 0.3) is 0 Å². The second-order valence-corrected chi connectivity index (χ2v) is 9.35. The second kappa shape index (κ2) is 13.5. The number of esters is 1. The Morgan fingerprint density at radius 2 is 1.70 bits per heavy atom. The summed E-state index contributed by atoms with van der Waals surface area (Å²) in [7, 11) is 5.81. The van der Waals surface area contributed by atoms with E-state index in [0.29, 0.717) is 17.4 Å². The Balaban J connectivity index is 2.15. The number of ether oxygens (including phenoxy) is 1. The van der Waals surface area contributed by atoms with E-state index < -0.39 is 12.1 Å². The topological polar surface area (TPSA) is 79.6 Å². The van der Waals surface area contributed by atoms with Crippen LogP contribution in [0.5, 0.6) is 0 Å². The molecule has 1 rings (SSSR count). The smallest absolute Gasteiger partial charge is 0.306 e. The lowest BCUT2D eigenvalue weighted by atomic mass is 10.1. The van der Waals surface area contributed by atoms with Gasteiger partial charge in [-0.3, -0.25) is 4.79 Å². The van der Waals surface area contributed by atoms with Crippen molar-refractivity contribution in [3.05, 3.63) is 23.2 Å². The summed E-state index contributed by atoms with van der Waals surface area (Å²) >= 11 is 0. The molecule has 0 aliphatic carbocycles. The maximum atomic E-state index is 12.0. The molecule has 6 nitrogen and oxygen atoms in total. The van der Waals surface area contributed by atoms with Crippen molar-refractivity contribution >= 4 is 11.9 Å². The van der Waals surface area contributed by atoms with Gasteiger partial charge in [-0.1, -0.05) is 32.6 Å². The quantitative estimate of drug-likeness (QED) is 0.231. The Morgan fingerprint density at radius 3 is 2.30 bits per heavy atom. The fourth-order valence-electron chi connectivity index (χ4n) is 3.66. The molecule has 6 heteroatoms. The van der Waals surface area contributed by atoms with Crippen LogP contribution in [0.3, 0.4) is 0 Å². The predicted molar refractivity (Wildman–Crippen MR) is 116 cm³/mol. The van der Waals surface area contributed by atoms with Gasteiger partial charge in [-0.15, -0.1) is 0 Å². The summed E-state index contributed by atoms with van der Waals surface area (Å²) in [4.78, 5) is 22.9. The third kappa shape index (κ3) is 12.0. The van der Waals surface area contributed by atoms with Crippen LogP contribution in [-0.4, -0.2) is 50.2 Å². The summed E-state index contributed by atoms with van der Waals surface area (Å²) in [5.41, 5.74) is 1.26. The summed E-state index contributed by atoms with van der Waals surface area (Å²) in [6.45, 7) is 4.73. The predicted octanol–water partition coefficient (Wildman–Crippen LogP) is 3.57. The molecule has 0 aromatic carbocycles. The minimum atomic E-state index is -1.19. The number of likely N-dealkylation sites (N-methyl/N-ethyl adjacent to an activating group) is 1. The molecule has 1 aromatic heterocycles. The highest BCUT2D eigenvalue weighted by Gasteiger charge is 2.22. The Morgan fingerprint density at radius 1 is 1.07 bits per heavy atom. The molecule has 1 atom stereocenters. The first kappa shape index (κ1) is 26.2. The van der Waals surface area contributed by atoms with E-state index in [1.54, 1.807) is 0 Å². The van der Waals surface area contributed by atoms with E-state index in [0.717, 1.165) is 69.3 Å². The zero-order valence-electron chi connectivity index (χ0n) is 19.6. The number of hydrogen-bond donors (Lipinski definition) is 0. The Bertz CT molecular complexity index is 645. The molecule has 0 spiro atoms. The second-order valence-electron chi connectivity index (χ2n) is 9.35. The number of nitrogens with zero attached hydrogens (tertiary/aromatic N) is 1. The molecule has 172 valence electrons. The lowest BCUT2D eigenvalue weighted by Crippen LogP contribution is -2.45. The van der Waals surface area contributed by atoms with Gasteiger partial charge in [0.1, 0.15) is 18.1 Å². The van der Waals surface area contributed by atoms with Crippen molar-refractivity contribution in [2.24, 2.45) is 0 Å². The molecule has 0 amide bonds. The van der Waals surface area contributed by atoms with Gasteiger partial charge in [0.15, 0.2) is 6.10 Å². The number of carbonyl (C=O) groups excluding carboxylic acids is 2. The lowest BCUT2D eigenvalue weighted by Gasteiger charge is -2.29. The molecule has 0 saturated heterocycles. The van der Waals surface area contributed by atoms with Gasteiger partial charge in [-0.2, -0.15) is 0 Å². The van der Waals surface area contributed by atoms with Crippen molar-refractivity contribution in [3.8, 4) is 0 Å². The van der Waals surface area contributed by atoms with Gasteiger partial charge in [-0.25, -0.2) is 0 Å². The molecule has 1 aromatic rings. The van der Waals surface area contributed by atoms with Crippen molar-refractivity contribution in [3.63, 3.8) is 0 Å². The average molecular weight is 424 g/mol. The van der Waals surface area contributed by atoms with Crippen LogP contribution in [-0.2, 0) is 27.2 Å². The summed E-state index contributed by atoms with van der Waals surface area (Å²) in [5, 5.41) is 10.9. The molecule has 0 saturated carbocycles. The van der Waals surface area contributed by atoms with Crippen LogP contribution in [0.15, 0.2) is 10.5 Å². The maximum Gasteiger partial charge on any atom is 0.306 e. The molecule has 1 unspecified atom stereocenters. The molecule has 0 aliphatic rings. The Kier molecular flexibility index (Phi) is 11.8. The van der Waals surface area contributed by atoms with E-state index in [4.69, 9.17) is 9.15 Å². The molecule has 0 bridgehead atoms. The minimum absolute atomic E-state index is 0.254. The van der Waals surface area contributed by atoms with Crippen molar-refractivity contribution < 1.29 is 28.3 Å². The van der Waals surface area contributed by atoms with Crippen LogP contribution in [0.25, 0.3) is 0 Å². The van der Waals surface area contributed by atoms with E-state index in [1.807, 2.05) is 21.1 Å². The van der Waals surface area contributed by atoms with Crippen LogP contribution in [0, 0.1) is 6.92 Å². The molecule has 0 aliphatic heterocycles.